The number of pyridine rings is 1. The Morgan fingerprint density at radius 3 is 2.77 bits per heavy atom. The van der Waals surface area contributed by atoms with E-state index in [-0.39, 0.29) is 0 Å². The molecule has 0 bridgehead atoms. The van der Waals surface area contributed by atoms with Crippen molar-refractivity contribution in [2.24, 2.45) is 0 Å². The SMILES string of the molecule is CNCc1ccc(=N)n(C(C)=N)c1. The molecule has 0 aliphatic rings. The van der Waals surface area contributed by atoms with E-state index < -0.39 is 0 Å². The van der Waals surface area contributed by atoms with Crippen molar-refractivity contribution in [1.29, 1.82) is 10.8 Å². The predicted molar refractivity (Wildman–Crippen MR) is 51.8 cm³/mol. The van der Waals surface area contributed by atoms with Gasteiger partial charge in [-0.25, -0.2) is 0 Å². The topological polar surface area (TPSA) is 64.7 Å². The Balaban J connectivity index is 3.11. The summed E-state index contributed by atoms with van der Waals surface area (Å²) in [6, 6.07) is 3.59. The normalized spacial score (nSPS) is 10.0. The lowest BCUT2D eigenvalue weighted by molar-refractivity contribution is 0.800. The fraction of sp³-hybridized carbons (Fsp3) is 0.333. The van der Waals surface area contributed by atoms with E-state index in [1.165, 1.54) is 0 Å². The largest absolute Gasteiger partial charge is 0.316 e. The van der Waals surface area contributed by atoms with Crippen LogP contribution in [0.4, 0.5) is 0 Å². The number of hydrogen-bond acceptors (Lipinski definition) is 3. The summed E-state index contributed by atoms with van der Waals surface area (Å²) in [5, 5.41) is 18.0. The summed E-state index contributed by atoms with van der Waals surface area (Å²) in [6.07, 6.45) is 1.81. The van der Waals surface area contributed by atoms with Gasteiger partial charge in [-0.15, -0.1) is 0 Å². The minimum absolute atomic E-state index is 0.340. The van der Waals surface area contributed by atoms with Gasteiger partial charge in [-0.3, -0.25) is 15.4 Å². The standard InChI is InChI=1S/C9H14N4/c1-7(10)13-6-8(5-12-2)3-4-9(13)11/h3-4,6,10-12H,5H2,1-2H3. The summed E-state index contributed by atoms with van der Waals surface area (Å²) in [7, 11) is 1.87. The van der Waals surface area contributed by atoms with Gasteiger partial charge in [0, 0.05) is 12.7 Å². The lowest BCUT2D eigenvalue weighted by Crippen LogP contribution is -2.24. The lowest BCUT2D eigenvalue weighted by Gasteiger charge is -2.06. The van der Waals surface area contributed by atoms with Crippen molar-refractivity contribution in [1.82, 2.24) is 9.88 Å². The maximum Gasteiger partial charge on any atom is 0.130 e. The number of hydrogen-bond donors (Lipinski definition) is 3. The second kappa shape index (κ2) is 4.00. The first-order chi connectivity index (χ1) is 6.15. The average Bonchev–Trinajstić information content (AvgIpc) is 2.08. The molecule has 70 valence electrons. The molecule has 0 aliphatic heterocycles. The highest BCUT2D eigenvalue weighted by Gasteiger charge is 1.96. The Morgan fingerprint density at radius 1 is 1.54 bits per heavy atom. The van der Waals surface area contributed by atoms with E-state index >= 15 is 0 Å². The Hall–Kier alpha value is -1.42. The van der Waals surface area contributed by atoms with Gasteiger partial charge in [0.05, 0.1) is 0 Å². The van der Waals surface area contributed by atoms with Gasteiger partial charge in [-0.05, 0) is 25.6 Å². The minimum atomic E-state index is 0.340. The third-order valence-corrected chi connectivity index (χ3v) is 1.75. The molecule has 3 N–H and O–H groups in total. The molecule has 0 amide bonds. The van der Waals surface area contributed by atoms with Crippen molar-refractivity contribution >= 4 is 5.84 Å². The molecule has 1 aromatic rings. The molecule has 0 radical (unpaired) electrons. The fourth-order valence-electron chi connectivity index (χ4n) is 1.13. The van der Waals surface area contributed by atoms with E-state index in [1.807, 2.05) is 13.1 Å². The number of nitrogens with one attached hydrogen (secondary N) is 3. The van der Waals surface area contributed by atoms with Gasteiger partial charge in [0.1, 0.15) is 11.3 Å². The number of rotatable bonds is 2. The molecule has 1 heterocycles. The molecule has 0 saturated heterocycles. The first-order valence-electron chi connectivity index (χ1n) is 4.11. The summed E-state index contributed by atoms with van der Waals surface area (Å²) >= 11 is 0. The predicted octanol–water partition coefficient (Wildman–Crippen LogP) is 0.532. The van der Waals surface area contributed by atoms with Gasteiger partial charge < -0.3 is 5.32 Å². The highest BCUT2D eigenvalue weighted by molar-refractivity contribution is 5.78. The van der Waals surface area contributed by atoms with Crippen LogP contribution in [0.15, 0.2) is 18.3 Å². The van der Waals surface area contributed by atoms with Crippen LogP contribution in [0.25, 0.3) is 0 Å². The lowest BCUT2D eigenvalue weighted by atomic mass is 10.3. The maximum absolute atomic E-state index is 7.53. The van der Waals surface area contributed by atoms with Crippen LogP contribution in [-0.2, 0) is 6.54 Å². The van der Waals surface area contributed by atoms with Crippen LogP contribution in [0.3, 0.4) is 0 Å². The second-order valence-corrected chi connectivity index (χ2v) is 2.91. The average molecular weight is 178 g/mol. The highest BCUT2D eigenvalue weighted by Crippen LogP contribution is 1.94. The van der Waals surface area contributed by atoms with E-state index in [9.17, 15) is 0 Å². The van der Waals surface area contributed by atoms with Gasteiger partial charge in [0.25, 0.3) is 0 Å². The Bertz CT molecular complexity index is 364. The minimum Gasteiger partial charge on any atom is -0.316 e. The van der Waals surface area contributed by atoms with Crippen LogP contribution in [0, 0.1) is 10.8 Å². The Kier molecular flexibility index (Phi) is 2.97. The maximum atomic E-state index is 7.53. The molecule has 0 atom stereocenters. The fourth-order valence-corrected chi connectivity index (χ4v) is 1.13. The highest BCUT2D eigenvalue weighted by atomic mass is 15.0. The summed E-state index contributed by atoms with van der Waals surface area (Å²) in [5.41, 5.74) is 1.41. The van der Waals surface area contributed by atoms with E-state index in [4.69, 9.17) is 10.8 Å². The first-order valence-corrected chi connectivity index (χ1v) is 4.11. The van der Waals surface area contributed by atoms with E-state index in [0.29, 0.717) is 11.3 Å². The van der Waals surface area contributed by atoms with Crippen molar-refractivity contribution in [3.63, 3.8) is 0 Å². The molecule has 1 aromatic heterocycles. The van der Waals surface area contributed by atoms with E-state index in [2.05, 4.69) is 5.32 Å². The molecule has 0 aliphatic carbocycles. The zero-order valence-electron chi connectivity index (χ0n) is 7.89. The van der Waals surface area contributed by atoms with Crippen LogP contribution in [0.5, 0.6) is 0 Å². The second-order valence-electron chi connectivity index (χ2n) is 2.91. The molecular formula is C9H14N4. The van der Waals surface area contributed by atoms with E-state index in [1.54, 1.807) is 23.8 Å². The molecule has 1 rings (SSSR count). The molecule has 0 saturated carbocycles. The molecule has 4 heteroatoms. The van der Waals surface area contributed by atoms with E-state index in [0.717, 1.165) is 12.1 Å². The molecule has 0 spiro atoms. The zero-order valence-corrected chi connectivity index (χ0v) is 7.89. The molecular weight excluding hydrogens is 164 g/mol. The quantitative estimate of drug-likeness (QED) is 0.449. The van der Waals surface area contributed by atoms with Gasteiger partial charge in [0.2, 0.25) is 0 Å². The Labute approximate surface area is 77.2 Å². The van der Waals surface area contributed by atoms with Gasteiger partial charge in [-0.2, -0.15) is 0 Å². The van der Waals surface area contributed by atoms with Crippen molar-refractivity contribution in [3.05, 3.63) is 29.4 Å². The summed E-state index contributed by atoms with van der Waals surface area (Å²) in [5.74, 6) is 0.364. The van der Waals surface area contributed by atoms with Gasteiger partial charge in [-0.1, -0.05) is 6.07 Å². The summed E-state index contributed by atoms with van der Waals surface area (Å²) in [4.78, 5) is 0. The monoisotopic (exact) mass is 178 g/mol. The molecule has 0 fully saturated rings. The van der Waals surface area contributed by atoms with Gasteiger partial charge in [0.15, 0.2) is 0 Å². The number of nitrogens with zero attached hydrogens (tertiary/aromatic N) is 1. The van der Waals surface area contributed by atoms with Gasteiger partial charge >= 0.3 is 0 Å². The van der Waals surface area contributed by atoms with Crippen LogP contribution >= 0.6 is 0 Å². The van der Waals surface area contributed by atoms with Crippen LogP contribution in [0.1, 0.15) is 12.5 Å². The number of aromatic nitrogens is 1. The zero-order chi connectivity index (χ0) is 9.84. The smallest absolute Gasteiger partial charge is 0.130 e. The third-order valence-electron chi connectivity index (χ3n) is 1.75. The molecule has 13 heavy (non-hydrogen) atoms. The van der Waals surface area contributed by atoms with Crippen molar-refractivity contribution in [3.8, 4) is 0 Å². The van der Waals surface area contributed by atoms with Crippen molar-refractivity contribution in [2.45, 2.75) is 13.5 Å². The van der Waals surface area contributed by atoms with Crippen molar-refractivity contribution in [2.75, 3.05) is 7.05 Å². The van der Waals surface area contributed by atoms with Crippen molar-refractivity contribution < 1.29 is 0 Å². The molecule has 0 aromatic carbocycles. The van der Waals surface area contributed by atoms with Crippen LogP contribution in [-0.4, -0.2) is 17.5 Å². The van der Waals surface area contributed by atoms with Crippen LogP contribution in [0.2, 0.25) is 0 Å². The summed E-state index contributed by atoms with van der Waals surface area (Å²) < 4.78 is 1.55. The molecule has 4 nitrogen and oxygen atoms in total. The summed E-state index contributed by atoms with van der Waals surface area (Å²) in [6.45, 7) is 2.43. The third kappa shape index (κ3) is 2.26. The first kappa shape index (κ1) is 9.67. The molecule has 0 unspecified atom stereocenters. The van der Waals surface area contributed by atoms with Crippen LogP contribution < -0.4 is 10.8 Å². The Morgan fingerprint density at radius 2 is 2.23 bits per heavy atom.